The minimum atomic E-state index is -1.65. The van der Waals surface area contributed by atoms with E-state index >= 15 is 0 Å². The van der Waals surface area contributed by atoms with Crippen molar-refractivity contribution in [3.63, 3.8) is 0 Å². The Hall–Kier alpha value is 0.905. The average Bonchev–Trinajstić information content (AvgIpc) is 2.84. The van der Waals surface area contributed by atoms with Crippen LogP contribution in [0.1, 0.15) is 131 Å². The number of hydrogen-bond donors (Lipinski definition) is 0. The Morgan fingerprint density at radius 3 is 0.912 bits per heavy atom. The molecular formula is C28H60Al2O4. The van der Waals surface area contributed by atoms with Gasteiger partial charge in [0.1, 0.15) is 0 Å². The van der Waals surface area contributed by atoms with Crippen LogP contribution in [0.2, 0.25) is 10.6 Å². The van der Waals surface area contributed by atoms with Gasteiger partial charge in [-0.3, -0.25) is 0 Å². The molecule has 0 rings (SSSR count). The molecular weight excluding hydrogens is 454 g/mol. The highest BCUT2D eigenvalue weighted by Crippen LogP contribution is 2.33. The van der Waals surface area contributed by atoms with Gasteiger partial charge in [0.2, 0.25) is 0 Å². The van der Waals surface area contributed by atoms with Gasteiger partial charge in [-0.15, -0.1) is 0 Å². The largest absolute Gasteiger partial charge is 0.674 e. The van der Waals surface area contributed by atoms with E-state index in [0.29, 0.717) is 11.8 Å². The Balaban J connectivity index is 5.41. The molecule has 0 aromatic rings. The molecule has 0 spiro atoms. The van der Waals surface area contributed by atoms with Crippen molar-refractivity contribution < 1.29 is 15.2 Å². The number of hydrogen-bond acceptors (Lipinski definition) is 4. The molecule has 0 aliphatic carbocycles. The summed E-state index contributed by atoms with van der Waals surface area (Å²) in [4.78, 5) is 0. The predicted molar refractivity (Wildman–Crippen MR) is 151 cm³/mol. The first-order valence-corrected chi connectivity index (χ1v) is 18.6. The van der Waals surface area contributed by atoms with Gasteiger partial charge < -0.3 is 15.2 Å². The first-order chi connectivity index (χ1) is 16.7. The molecule has 0 aromatic carbocycles. The van der Waals surface area contributed by atoms with Crippen molar-refractivity contribution in [2.24, 2.45) is 11.8 Å². The summed E-state index contributed by atoms with van der Waals surface area (Å²) in [6.45, 7) is 17.1. The molecule has 0 bridgehead atoms. The lowest BCUT2D eigenvalue weighted by molar-refractivity contribution is 0.167. The van der Waals surface area contributed by atoms with Gasteiger partial charge in [-0.05, 0) is 48.1 Å². The summed E-state index contributed by atoms with van der Waals surface area (Å²) in [7, 11) is 0. The molecule has 0 aromatic heterocycles. The molecule has 0 fully saturated rings. The van der Waals surface area contributed by atoms with Gasteiger partial charge in [0.25, 0.3) is 0 Å². The summed E-state index contributed by atoms with van der Waals surface area (Å²) in [5.41, 5.74) is 0. The van der Waals surface area contributed by atoms with Gasteiger partial charge >= 0.3 is 29.6 Å². The topological polar surface area (TPSA) is 36.9 Å². The average molecular weight is 515 g/mol. The van der Waals surface area contributed by atoms with E-state index in [2.05, 4.69) is 41.5 Å². The maximum atomic E-state index is 6.42. The molecule has 0 heterocycles. The lowest BCUT2D eigenvalue weighted by Gasteiger charge is -2.30. The van der Waals surface area contributed by atoms with Gasteiger partial charge in [-0.25, -0.2) is 0 Å². The van der Waals surface area contributed by atoms with E-state index in [1.165, 1.54) is 64.2 Å². The normalized spacial score (nSPS) is 13.2. The molecule has 0 aliphatic rings. The van der Waals surface area contributed by atoms with Crippen LogP contribution in [0.3, 0.4) is 0 Å². The van der Waals surface area contributed by atoms with E-state index in [1.807, 2.05) is 0 Å². The van der Waals surface area contributed by atoms with E-state index < -0.39 is 29.6 Å². The van der Waals surface area contributed by atoms with Gasteiger partial charge in [0.05, 0.1) is 0 Å². The molecule has 202 valence electrons. The van der Waals surface area contributed by atoms with Crippen LogP contribution in [0.15, 0.2) is 0 Å². The van der Waals surface area contributed by atoms with Crippen LogP contribution >= 0.6 is 0 Å². The molecule has 0 aliphatic heterocycles. The molecule has 0 saturated carbocycles. The van der Waals surface area contributed by atoms with Crippen LogP contribution in [-0.2, 0) is 15.2 Å². The van der Waals surface area contributed by atoms with E-state index in [0.717, 1.165) is 62.7 Å². The van der Waals surface area contributed by atoms with Gasteiger partial charge in [-0.2, -0.15) is 0 Å². The third-order valence-electron chi connectivity index (χ3n) is 6.72. The summed E-state index contributed by atoms with van der Waals surface area (Å²) in [6, 6.07) is 0. The third kappa shape index (κ3) is 20.0. The van der Waals surface area contributed by atoms with Crippen molar-refractivity contribution >= 4 is 29.6 Å². The highest BCUT2D eigenvalue weighted by Gasteiger charge is 2.37. The van der Waals surface area contributed by atoms with Crippen molar-refractivity contribution in [1.29, 1.82) is 0 Å². The fraction of sp³-hybridized carbons (Fsp3) is 1.00. The second-order valence-corrected chi connectivity index (χ2v) is 14.0. The molecule has 0 N–H and O–H groups in total. The molecule has 6 heteroatoms. The smallest absolute Gasteiger partial charge is 0.478 e. The fourth-order valence-corrected chi connectivity index (χ4v) is 9.01. The van der Waals surface area contributed by atoms with Crippen molar-refractivity contribution in [2.45, 2.75) is 142 Å². The Labute approximate surface area is 224 Å². The SMILES string of the molecule is CCCC[O][Al]([CH2][C@@H](CCCC)[C@H](CCCC)[CH2][Al]([O]CCCC)[O]CCCC)[O]CCCC. The van der Waals surface area contributed by atoms with Crippen molar-refractivity contribution in [2.75, 3.05) is 26.4 Å². The predicted octanol–water partition coefficient (Wildman–Crippen LogP) is 8.84. The zero-order valence-electron chi connectivity index (χ0n) is 24.1. The number of unbranched alkanes of at least 4 members (excludes halogenated alkanes) is 6. The second-order valence-electron chi connectivity index (χ2n) is 10.0. The standard InChI is InChI=1S/C12H24.4C4H9O.2Al/c1-5-7-9-11(3)12(4)10-8-6-2;4*1-2-3-4-5;;/h11-12H,3-10H2,1-2H3;4*2-4H2,1H3;;/q;4*-1;2*+2/t11-,12-;;;;;;/m0....../s1. The van der Waals surface area contributed by atoms with Crippen molar-refractivity contribution in [3.8, 4) is 0 Å². The molecule has 0 amide bonds. The maximum absolute atomic E-state index is 6.42. The van der Waals surface area contributed by atoms with Crippen LogP contribution in [-0.4, -0.2) is 56.1 Å². The van der Waals surface area contributed by atoms with E-state index in [1.54, 1.807) is 0 Å². The zero-order valence-corrected chi connectivity index (χ0v) is 26.4. The first kappa shape index (κ1) is 34.9. The molecule has 34 heavy (non-hydrogen) atoms. The molecule has 4 nitrogen and oxygen atoms in total. The first-order valence-electron chi connectivity index (χ1n) is 15.1. The summed E-state index contributed by atoms with van der Waals surface area (Å²) in [5, 5.41) is 2.32. The zero-order chi connectivity index (χ0) is 25.3. The van der Waals surface area contributed by atoms with Gasteiger partial charge in [0, 0.05) is 26.4 Å². The monoisotopic (exact) mass is 514 g/mol. The van der Waals surface area contributed by atoms with Crippen molar-refractivity contribution in [1.82, 2.24) is 0 Å². The van der Waals surface area contributed by atoms with E-state index in [4.69, 9.17) is 15.2 Å². The van der Waals surface area contributed by atoms with E-state index in [9.17, 15) is 0 Å². The molecule has 0 radical (unpaired) electrons. The molecule has 0 saturated heterocycles. The van der Waals surface area contributed by atoms with Crippen LogP contribution in [0.5, 0.6) is 0 Å². The Morgan fingerprint density at radius 1 is 0.412 bits per heavy atom. The lowest BCUT2D eigenvalue weighted by atomic mass is 9.87. The highest BCUT2D eigenvalue weighted by atomic mass is 27.2. The van der Waals surface area contributed by atoms with E-state index in [-0.39, 0.29) is 0 Å². The van der Waals surface area contributed by atoms with Crippen molar-refractivity contribution in [3.05, 3.63) is 0 Å². The summed E-state index contributed by atoms with van der Waals surface area (Å²) >= 11 is -3.31. The van der Waals surface area contributed by atoms with Crippen LogP contribution < -0.4 is 0 Å². The molecule has 0 unspecified atom stereocenters. The Morgan fingerprint density at radius 2 is 0.676 bits per heavy atom. The molecule has 2 atom stereocenters. The quantitative estimate of drug-likeness (QED) is 0.0810. The minimum Gasteiger partial charge on any atom is -0.478 e. The van der Waals surface area contributed by atoms with Gasteiger partial charge in [-0.1, -0.05) is 106 Å². The van der Waals surface area contributed by atoms with Crippen LogP contribution in [0, 0.1) is 11.8 Å². The highest BCUT2D eigenvalue weighted by molar-refractivity contribution is 6.45. The van der Waals surface area contributed by atoms with Gasteiger partial charge in [0.15, 0.2) is 0 Å². The van der Waals surface area contributed by atoms with Crippen LogP contribution in [0.4, 0.5) is 0 Å². The summed E-state index contributed by atoms with van der Waals surface area (Å²) in [5.74, 6) is 1.37. The lowest BCUT2D eigenvalue weighted by Crippen LogP contribution is -2.33. The minimum absolute atomic E-state index is 0.686. The fourth-order valence-electron chi connectivity index (χ4n) is 4.32. The Bertz CT molecular complexity index is 345. The Kier molecular flexibility index (Phi) is 27.7. The third-order valence-corrected chi connectivity index (χ3v) is 11.1. The van der Waals surface area contributed by atoms with Crippen LogP contribution in [0.25, 0.3) is 0 Å². The number of rotatable bonds is 27. The summed E-state index contributed by atoms with van der Waals surface area (Å²) in [6.07, 6.45) is 17.0. The summed E-state index contributed by atoms with van der Waals surface area (Å²) < 4.78 is 25.7. The second kappa shape index (κ2) is 27.0. The maximum Gasteiger partial charge on any atom is 0.674 e.